The van der Waals surface area contributed by atoms with E-state index in [1.54, 1.807) is 0 Å². The number of hydrogen-bond acceptors (Lipinski definition) is 2. The molecule has 0 unspecified atom stereocenters. The molecule has 0 atom stereocenters. The zero-order valence-corrected chi connectivity index (χ0v) is 10.4. The van der Waals surface area contributed by atoms with Gasteiger partial charge < -0.3 is 4.74 Å². The molecule has 1 aliphatic rings. The molecule has 1 aliphatic carbocycles. The molecule has 1 aromatic rings. The van der Waals surface area contributed by atoms with Gasteiger partial charge in [0, 0.05) is 0 Å². The molecule has 0 aliphatic heterocycles. The Bertz CT molecular complexity index is 413. The van der Waals surface area contributed by atoms with Crippen molar-refractivity contribution >= 4 is 0 Å². The summed E-state index contributed by atoms with van der Waals surface area (Å²) in [6, 6.07) is 10.5. The summed E-state index contributed by atoms with van der Waals surface area (Å²) >= 11 is 0. The Balaban J connectivity index is 1.98. The SMILES string of the molecule is Cc1cccc(OCC2(C#N)CCCCC2)c1. The van der Waals surface area contributed by atoms with Gasteiger partial charge in [-0.1, -0.05) is 31.4 Å². The minimum atomic E-state index is -0.248. The van der Waals surface area contributed by atoms with E-state index < -0.39 is 0 Å². The first kappa shape index (κ1) is 12.0. The van der Waals surface area contributed by atoms with E-state index in [0.717, 1.165) is 31.4 Å². The predicted molar refractivity (Wildman–Crippen MR) is 67.8 cm³/mol. The van der Waals surface area contributed by atoms with Gasteiger partial charge in [0.2, 0.25) is 0 Å². The van der Waals surface area contributed by atoms with Crippen LogP contribution in [0.1, 0.15) is 37.7 Å². The Morgan fingerprint density at radius 1 is 1.29 bits per heavy atom. The fraction of sp³-hybridized carbons (Fsp3) is 0.533. The molecule has 2 rings (SSSR count). The topological polar surface area (TPSA) is 33.0 Å². The van der Waals surface area contributed by atoms with Crippen LogP contribution in [-0.2, 0) is 0 Å². The highest BCUT2D eigenvalue weighted by atomic mass is 16.5. The predicted octanol–water partition coefficient (Wildman–Crippen LogP) is 3.85. The molecule has 17 heavy (non-hydrogen) atoms. The number of hydrogen-bond donors (Lipinski definition) is 0. The molecule has 0 radical (unpaired) electrons. The van der Waals surface area contributed by atoms with Gasteiger partial charge in [-0.05, 0) is 37.5 Å². The van der Waals surface area contributed by atoms with Crippen molar-refractivity contribution in [2.75, 3.05) is 6.61 Å². The number of rotatable bonds is 3. The number of aryl methyl sites for hydroxylation is 1. The lowest BCUT2D eigenvalue weighted by Crippen LogP contribution is -2.29. The van der Waals surface area contributed by atoms with Crippen LogP contribution in [0.15, 0.2) is 24.3 Å². The van der Waals surface area contributed by atoms with Crippen molar-refractivity contribution in [2.45, 2.75) is 39.0 Å². The molecule has 0 spiro atoms. The second-order valence-electron chi connectivity index (χ2n) is 5.06. The third-order valence-corrected chi connectivity index (χ3v) is 3.55. The molecule has 1 aromatic carbocycles. The van der Waals surface area contributed by atoms with Crippen molar-refractivity contribution in [3.63, 3.8) is 0 Å². The van der Waals surface area contributed by atoms with Gasteiger partial charge in [0.15, 0.2) is 0 Å². The van der Waals surface area contributed by atoms with Crippen LogP contribution < -0.4 is 4.74 Å². The van der Waals surface area contributed by atoms with E-state index in [1.807, 2.05) is 31.2 Å². The first-order valence-electron chi connectivity index (χ1n) is 6.35. The molecule has 0 amide bonds. The van der Waals surface area contributed by atoms with Crippen molar-refractivity contribution in [2.24, 2.45) is 5.41 Å². The summed E-state index contributed by atoms with van der Waals surface area (Å²) in [4.78, 5) is 0. The molecular formula is C15H19NO. The van der Waals surface area contributed by atoms with Gasteiger partial charge in [-0.2, -0.15) is 5.26 Å². The van der Waals surface area contributed by atoms with E-state index in [4.69, 9.17) is 4.74 Å². The Kier molecular flexibility index (Phi) is 3.68. The third-order valence-electron chi connectivity index (χ3n) is 3.55. The fourth-order valence-electron chi connectivity index (χ4n) is 2.44. The van der Waals surface area contributed by atoms with E-state index in [1.165, 1.54) is 12.0 Å². The highest BCUT2D eigenvalue weighted by Crippen LogP contribution is 2.36. The first-order chi connectivity index (χ1) is 8.24. The summed E-state index contributed by atoms with van der Waals surface area (Å²) < 4.78 is 5.80. The van der Waals surface area contributed by atoms with Gasteiger partial charge in [0.25, 0.3) is 0 Å². The average Bonchev–Trinajstić information content (AvgIpc) is 2.38. The minimum absolute atomic E-state index is 0.248. The van der Waals surface area contributed by atoms with Crippen molar-refractivity contribution in [1.29, 1.82) is 5.26 Å². The first-order valence-corrected chi connectivity index (χ1v) is 6.35. The molecule has 0 bridgehead atoms. The summed E-state index contributed by atoms with van der Waals surface area (Å²) in [6.07, 6.45) is 5.54. The van der Waals surface area contributed by atoms with E-state index in [-0.39, 0.29) is 5.41 Å². The molecule has 2 nitrogen and oxygen atoms in total. The normalized spacial score (nSPS) is 18.4. The van der Waals surface area contributed by atoms with Gasteiger partial charge in [-0.3, -0.25) is 0 Å². The highest BCUT2D eigenvalue weighted by molar-refractivity contribution is 5.27. The lowest BCUT2D eigenvalue weighted by Gasteiger charge is -2.30. The quantitative estimate of drug-likeness (QED) is 0.788. The molecule has 2 heteroatoms. The van der Waals surface area contributed by atoms with Gasteiger partial charge in [-0.15, -0.1) is 0 Å². The van der Waals surface area contributed by atoms with Crippen LogP contribution in [-0.4, -0.2) is 6.61 Å². The standard InChI is InChI=1S/C15H19NO/c1-13-6-5-7-14(10-13)17-12-15(11-16)8-3-2-4-9-15/h5-7,10H,2-4,8-9,12H2,1H3. The van der Waals surface area contributed by atoms with Crippen LogP contribution in [0, 0.1) is 23.7 Å². The monoisotopic (exact) mass is 229 g/mol. The van der Waals surface area contributed by atoms with Gasteiger partial charge in [0.05, 0.1) is 11.5 Å². The summed E-state index contributed by atoms with van der Waals surface area (Å²) in [5, 5.41) is 9.34. The van der Waals surface area contributed by atoms with Gasteiger partial charge in [-0.25, -0.2) is 0 Å². The number of nitrogens with zero attached hydrogens (tertiary/aromatic N) is 1. The minimum Gasteiger partial charge on any atom is -0.492 e. The Hall–Kier alpha value is -1.49. The maximum Gasteiger partial charge on any atom is 0.119 e. The molecule has 1 fully saturated rings. The van der Waals surface area contributed by atoms with Crippen molar-refractivity contribution < 1.29 is 4.74 Å². The number of ether oxygens (including phenoxy) is 1. The van der Waals surface area contributed by atoms with E-state index in [9.17, 15) is 5.26 Å². The van der Waals surface area contributed by atoms with Crippen LogP contribution in [0.2, 0.25) is 0 Å². The molecular weight excluding hydrogens is 210 g/mol. The van der Waals surface area contributed by atoms with E-state index in [0.29, 0.717) is 6.61 Å². The maximum atomic E-state index is 9.34. The smallest absolute Gasteiger partial charge is 0.119 e. The molecule has 0 N–H and O–H groups in total. The summed E-state index contributed by atoms with van der Waals surface area (Å²) in [5.41, 5.74) is 0.944. The number of benzene rings is 1. The zero-order chi connectivity index (χ0) is 12.1. The van der Waals surface area contributed by atoms with E-state index in [2.05, 4.69) is 6.07 Å². The molecule has 90 valence electrons. The van der Waals surface area contributed by atoms with Crippen molar-refractivity contribution in [1.82, 2.24) is 0 Å². The molecule has 0 heterocycles. The Morgan fingerprint density at radius 2 is 2.06 bits per heavy atom. The van der Waals surface area contributed by atoms with Crippen LogP contribution in [0.4, 0.5) is 0 Å². The fourth-order valence-corrected chi connectivity index (χ4v) is 2.44. The zero-order valence-electron chi connectivity index (χ0n) is 10.4. The van der Waals surface area contributed by atoms with Crippen LogP contribution in [0.25, 0.3) is 0 Å². The third kappa shape index (κ3) is 3.00. The molecule has 1 saturated carbocycles. The second-order valence-corrected chi connectivity index (χ2v) is 5.06. The van der Waals surface area contributed by atoms with Crippen molar-refractivity contribution in [3.05, 3.63) is 29.8 Å². The molecule has 0 aromatic heterocycles. The van der Waals surface area contributed by atoms with Gasteiger partial charge in [0.1, 0.15) is 12.4 Å². The van der Waals surface area contributed by atoms with Crippen LogP contribution in [0.5, 0.6) is 5.75 Å². The summed E-state index contributed by atoms with van der Waals surface area (Å²) in [6.45, 7) is 2.58. The Morgan fingerprint density at radius 3 is 2.71 bits per heavy atom. The highest BCUT2D eigenvalue weighted by Gasteiger charge is 2.32. The van der Waals surface area contributed by atoms with Gasteiger partial charge >= 0.3 is 0 Å². The number of nitriles is 1. The molecule has 0 saturated heterocycles. The average molecular weight is 229 g/mol. The lowest BCUT2D eigenvalue weighted by molar-refractivity contribution is 0.150. The van der Waals surface area contributed by atoms with E-state index >= 15 is 0 Å². The summed E-state index contributed by atoms with van der Waals surface area (Å²) in [5.74, 6) is 0.880. The lowest BCUT2D eigenvalue weighted by atomic mass is 9.76. The van der Waals surface area contributed by atoms with Crippen LogP contribution in [0.3, 0.4) is 0 Å². The van der Waals surface area contributed by atoms with Crippen molar-refractivity contribution in [3.8, 4) is 11.8 Å². The summed E-state index contributed by atoms with van der Waals surface area (Å²) in [7, 11) is 0. The Labute approximate surface area is 103 Å². The maximum absolute atomic E-state index is 9.34. The van der Waals surface area contributed by atoms with Crippen LogP contribution >= 0.6 is 0 Å². The largest absolute Gasteiger partial charge is 0.492 e. The second kappa shape index (κ2) is 5.23.